The Morgan fingerprint density at radius 3 is 2.74 bits per heavy atom. The van der Waals surface area contributed by atoms with E-state index in [1.54, 1.807) is 24.5 Å². The number of amides is 1. The predicted molar refractivity (Wildman–Crippen MR) is 100 cm³/mol. The van der Waals surface area contributed by atoms with Gasteiger partial charge in [0.2, 0.25) is 0 Å². The van der Waals surface area contributed by atoms with E-state index < -0.39 is 32.8 Å². The molecule has 0 aliphatic carbocycles. The summed E-state index contributed by atoms with van der Waals surface area (Å²) in [6.07, 6.45) is 5.58. The molecule has 0 aliphatic heterocycles. The van der Waals surface area contributed by atoms with Crippen LogP contribution < -0.4 is 5.32 Å². The van der Waals surface area contributed by atoms with Crippen molar-refractivity contribution in [2.75, 3.05) is 12.0 Å². The topological polar surface area (TPSA) is 93.9 Å². The second-order valence-corrected chi connectivity index (χ2v) is 8.66. The molecule has 2 heterocycles. The molecule has 0 radical (unpaired) electrons. The highest BCUT2D eigenvalue weighted by molar-refractivity contribution is 7.90. The van der Waals surface area contributed by atoms with Gasteiger partial charge in [-0.3, -0.25) is 9.78 Å². The number of rotatable bonds is 5. The molecule has 7 nitrogen and oxygen atoms in total. The maximum absolute atomic E-state index is 14.2. The normalized spacial score (nSPS) is 14.0. The number of hydrogen-bond donors (Lipinski definition) is 1. The lowest BCUT2D eigenvalue weighted by atomic mass is 10.1. The highest BCUT2D eigenvalue weighted by Crippen LogP contribution is 2.23. The molecular formula is C18H19FN4O3S. The van der Waals surface area contributed by atoms with Crippen LogP contribution in [0.5, 0.6) is 0 Å². The van der Waals surface area contributed by atoms with Gasteiger partial charge in [-0.05, 0) is 38.1 Å². The molecule has 0 saturated heterocycles. The van der Waals surface area contributed by atoms with Gasteiger partial charge in [-0.1, -0.05) is 0 Å². The van der Waals surface area contributed by atoms with Gasteiger partial charge in [0.15, 0.2) is 5.82 Å². The maximum atomic E-state index is 14.2. The summed E-state index contributed by atoms with van der Waals surface area (Å²) in [6, 6.07) is 5.86. The fraction of sp³-hybridized carbons (Fsp3) is 0.278. The van der Waals surface area contributed by atoms with Gasteiger partial charge in [0, 0.05) is 30.9 Å². The number of pyridine rings is 1. The molecule has 1 amide bonds. The van der Waals surface area contributed by atoms with Crippen molar-refractivity contribution in [1.82, 2.24) is 20.1 Å². The zero-order chi connectivity index (χ0) is 20.7. The molecule has 1 unspecified atom stereocenters. The minimum absolute atomic E-state index is 0.000143. The lowest BCUT2D eigenvalue weighted by molar-refractivity contribution is 0.0922. The molecule has 0 saturated carbocycles. The van der Waals surface area contributed by atoms with Crippen LogP contribution in [-0.4, -0.2) is 46.6 Å². The number of nitrogens with zero attached hydrogens (tertiary/aromatic N) is 3. The molecule has 3 rings (SSSR count). The second-order valence-electron chi connectivity index (χ2n) is 6.77. The van der Waals surface area contributed by atoms with Crippen molar-refractivity contribution in [1.29, 1.82) is 0 Å². The van der Waals surface area contributed by atoms with Crippen molar-refractivity contribution >= 4 is 26.6 Å². The molecule has 0 bridgehead atoms. The van der Waals surface area contributed by atoms with Crippen LogP contribution in [0.15, 0.2) is 42.9 Å². The largest absolute Gasteiger partial charge is 0.346 e. The lowest BCUT2D eigenvalue weighted by Gasteiger charge is -2.25. The summed E-state index contributed by atoms with van der Waals surface area (Å²) in [5.74, 6) is -1.22. The summed E-state index contributed by atoms with van der Waals surface area (Å²) in [7, 11) is -3.70. The maximum Gasteiger partial charge on any atom is 0.252 e. The van der Waals surface area contributed by atoms with Gasteiger partial charge in [-0.25, -0.2) is 17.5 Å². The monoisotopic (exact) mass is 391 g/mol. The van der Waals surface area contributed by atoms with Crippen molar-refractivity contribution in [3.8, 4) is 5.69 Å². The van der Waals surface area contributed by atoms with Crippen molar-refractivity contribution in [2.45, 2.75) is 19.4 Å². The van der Waals surface area contributed by atoms with Crippen molar-refractivity contribution < 1.29 is 19.0 Å². The van der Waals surface area contributed by atoms with E-state index in [4.69, 9.17) is 1.37 Å². The van der Waals surface area contributed by atoms with Gasteiger partial charge in [0.25, 0.3) is 5.91 Å². The van der Waals surface area contributed by atoms with Crippen LogP contribution in [-0.2, 0) is 9.84 Å². The minimum Gasteiger partial charge on any atom is -0.346 e. The highest BCUT2D eigenvalue weighted by atomic mass is 32.2. The number of benzene rings is 1. The zero-order valence-electron chi connectivity index (χ0n) is 16.0. The Morgan fingerprint density at radius 1 is 1.37 bits per heavy atom. The van der Waals surface area contributed by atoms with E-state index in [0.29, 0.717) is 5.69 Å². The SMILES string of the molecule is [2H]C(C(C)(C)NC(=O)c1ccc(F)c2nn(-c3cccnc3)cc12)S(C)(=O)=O. The molecule has 27 heavy (non-hydrogen) atoms. The van der Waals surface area contributed by atoms with E-state index in [1.807, 2.05) is 0 Å². The van der Waals surface area contributed by atoms with Crippen molar-refractivity contribution in [3.63, 3.8) is 0 Å². The first-order chi connectivity index (χ1) is 13.0. The number of carbonyl (C=O) groups excluding carboxylic acids is 1. The van der Waals surface area contributed by atoms with Crippen LogP contribution in [0.2, 0.25) is 0 Å². The zero-order valence-corrected chi connectivity index (χ0v) is 15.8. The molecule has 9 heteroatoms. The third-order valence-corrected chi connectivity index (χ3v) is 4.74. The van der Waals surface area contributed by atoms with Crippen LogP contribution in [0, 0.1) is 5.82 Å². The number of hydrogen-bond acceptors (Lipinski definition) is 5. The molecule has 142 valence electrons. The smallest absolute Gasteiger partial charge is 0.252 e. The van der Waals surface area contributed by atoms with Crippen LogP contribution in [0.1, 0.15) is 25.6 Å². The van der Waals surface area contributed by atoms with Crippen LogP contribution in [0.25, 0.3) is 16.6 Å². The van der Waals surface area contributed by atoms with Gasteiger partial charge in [-0.15, -0.1) is 0 Å². The fourth-order valence-electron chi connectivity index (χ4n) is 2.82. The Kier molecular flexibility index (Phi) is 4.39. The molecule has 1 N–H and O–H groups in total. The Bertz CT molecular complexity index is 1150. The molecule has 3 aromatic rings. The third kappa shape index (κ3) is 4.30. The molecule has 0 aliphatic rings. The van der Waals surface area contributed by atoms with Gasteiger partial charge < -0.3 is 5.32 Å². The number of halogens is 1. The Balaban J connectivity index is 2.02. The van der Waals surface area contributed by atoms with E-state index in [1.165, 1.54) is 30.8 Å². The number of aromatic nitrogens is 3. The molecule has 2 aromatic heterocycles. The third-order valence-electron chi connectivity index (χ3n) is 3.73. The van der Waals surface area contributed by atoms with Crippen molar-refractivity contribution in [2.24, 2.45) is 0 Å². The average Bonchev–Trinajstić information content (AvgIpc) is 3.07. The Hall–Kier alpha value is -2.81. The quantitative estimate of drug-likeness (QED) is 0.719. The summed E-state index contributed by atoms with van der Waals surface area (Å²) in [4.78, 5) is 16.8. The molecule has 0 fully saturated rings. The number of carbonyl (C=O) groups is 1. The number of fused-ring (bicyclic) bond motifs is 1. The van der Waals surface area contributed by atoms with E-state index in [9.17, 15) is 17.6 Å². The van der Waals surface area contributed by atoms with E-state index in [2.05, 4.69) is 15.4 Å². The van der Waals surface area contributed by atoms with Crippen LogP contribution in [0.4, 0.5) is 4.39 Å². The van der Waals surface area contributed by atoms with Gasteiger partial charge in [-0.2, -0.15) is 5.10 Å². The summed E-state index contributed by atoms with van der Waals surface area (Å²) in [5, 5.41) is 7.01. The molecular weight excluding hydrogens is 371 g/mol. The minimum atomic E-state index is -3.70. The van der Waals surface area contributed by atoms with E-state index in [0.717, 1.165) is 12.3 Å². The number of nitrogens with one attached hydrogen (secondary N) is 1. The summed E-state index contributed by atoms with van der Waals surface area (Å²) >= 11 is 0. The molecule has 1 aromatic carbocycles. The van der Waals surface area contributed by atoms with E-state index in [-0.39, 0.29) is 16.5 Å². The first kappa shape index (κ1) is 17.6. The Morgan fingerprint density at radius 2 is 2.11 bits per heavy atom. The molecule has 1 atom stereocenters. The summed E-state index contributed by atoms with van der Waals surface area (Å²) < 4.78 is 47.0. The van der Waals surface area contributed by atoms with Crippen LogP contribution in [0.3, 0.4) is 0 Å². The summed E-state index contributed by atoms with van der Waals surface area (Å²) in [6.45, 7) is 2.90. The van der Waals surface area contributed by atoms with Crippen molar-refractivity contribution in [3.05, 3.63) is 54.2 Å². The fourth-order valence-corrected chi connectivity index (χ4v) is 3.95. The van der Waals surface area contributed by atoms with Gasteiger partial charge in [0.05, 0.1) is 23.2 Å². The standard InChI is InChI=1S/C18H19FN4O3S/c1-18(2,11-27(3,25)26)21-17(24)13-6-7-15(19)16-14(13)10-23(22-16)12-5-4-8-20-9-12/h4-10H,11H2,1-3H3,(H,21,24)/i11D. The van der Waals surface area contributed by atoms with E-state index >= 15 is 0 Å². The highest BCUT2D eigenvalue weighted by Gasteiger charge is 2.27. The molecule has 0 spiro atoms. The van der Waals surface area contributed by atoms with Crippen LogP contribution >= 0.6 is 0 Å². The average molecular weight is 391 g/mol. The van der Waals surface area contributed by atoms with Gasteiger partial charge in [0.1, 0.15) is 15.4 Å². The second kappa shape index (κ2) is 6.73. The Labute approximate surface area is 157 Å². The predicted octanol–water partition coefficient (Wildman–Crippen LogP) is 2.11. The first-order valence-corrected chi connectivity index (χ1v) is 9.98. The van der Waals surface area contributed by atoms with Gasteiger partial charge >= 0.3 is 0 Å². The number of sulfone groups is 1. The summed E-state index contributed by atoms with van der Waals surface area (Å²) in [5.41, 5.74) is -2.20. The first-order valence-electron chi connectivity index (χ1n) is 8.60. The lowest BCUT2D eigenvalue weighted by Crippen LogP contribution is -2.48.